The minimum absolute atomic E-state index is 0.107. The molecule has 0 radical (unpaired) electrons. The van der Waals surface area contributed by atoms with Crippen molar-refractivity contribution in [3.8, 4) is 11.1 Å². The number of carbonyl (C=O) groups excluding carboxylic acids is 1. The predicted molar refractivity (Wildman–Crippen MR) is 113 cm³/mol. The Labute approximate surface area is 171 Å². The van der Waals surface area contributed by atoms with Crippen LogP contribution in [0.15, 0.2) is 73.7 Å². The first kappa shape index (κ1) is 18.0. The van der Waals surface area contributed by atoms with E-state index in [0.717, 1.165) is 4.47 Å². The summed E-state index contributed by atoms with van der Waals surface area (Å²) in [6.07, 6.45) is 0. The van der Waals surface area contributed by atoms with E-state index < -0.39 is 0 Å². The molecule has 0 saturated carbocycles. The Morgan fingerprint density at radius 1 is 1.11 bits per heavy atom. The van der Waals surface area contributed by atoms with Crippen molar-refractivity contribution in [1.29, 1.82) is 0 Å². The van der Waals surface area contributed by atoms with Gasteiger partial charge in [-0.1, -0.05) is 45.7 Å². The summed E-state index contributed by atoms with van der Waals surface area (Å²) in [4.78, 5) is 26.2. The van der Waals surface area contributed by atoms with Gasteiger partial charge in [-0.05, 0) is 47.3 Å². The van der Waals surface area contributed by atoms with Gasteiger partial charge in [0, 0.05) is 9.50 Å². The van der Waals surface area contributed by atoms with Crippen LogP contribution in [0.4, 0.5) is 5.88 Å². The first-order valence-electron chi connectivity index (χ1n) is 7.90. The molecule has 4 rings (SSSR count). The second-order valence-corrected chi connectivity index (χ2v) is 8.01. The van der Waals surface area contributed by atoms with Crippen molar-refractivity contribution in [3.63, 3.8) is 0 Å². The van der Waals surface area contributed by atoms with Gasteiger partial charge in [-0.2, -0.15) is 0 Å². The molecule has 0 saturated heterocycles. The molecule has 2 aromatic heterocycles. The average Bonchev–Trinajstić information content (AvgIpc) is 3.19. The largest absolute Gasteiger partial charge is 0.439 e. The molecular formula is C20H11BrClNO3S. The lowest BCUT2D eigenvalue weighted by Gasteiger charge is -2.11. The van der Waals surface area contributed by atoms with Crippen LogP contribution >= 0.6 is 38.9 Å². The van der Waals surface area contributed by atoms with Crippen molar-refractivity contribution in [1.82, 2.24) is 0 Å². The summed E-state index contributed by atoms with van der Waals surface area (Å²) in [6, 6.07) is 15.5. The fraction of sp³-hybridized carbons (Fsp3) is 0. The van der Waals surface area contributed by atoms with E-state index in [1.54, 1.807) is 42.5 Å². The van der Waals surface area contributed by atoms with Gasteiger partial charge >= 0.3 is 0 Å². The maximum Gasteiger partial charge on any atom is 0.268 e. The second kappa shape index (κ2) is 7.31. The summed E-state index contributed by atoms with van der Waals surface area (Å²) in [7, 11) is 0. The van der Waals surface area contributed by atoms with Gasteiger partial charge in [0.1, 0.15) is 5.58 Å². The van der Waals surface area contributed by atoms with Crippen molar-refractivity contribution < 1.29 is 9.21 Å². The minimum Gasteiger partial charge on any atom is -0.439 e. The van der Waals surface area contributed by atoms with Crippen LogP contribution in [0.3, 0.4) is 0 Å². The molecule has 0 unspecified atom stereocenters. The molecule has 2 aromatic carbocycles. The number of thiophene rings is 1. The molecule has 0 bridgehead atoms. The van der Waals surface area contributed by atoms with Crippen LogP contribution in [-0.4, -0.2) is 5.91 Å². The quantitative estimate of drug-likeness (QED) is 0.396. The number of fused-ring (bicyclic) bond motifs is 1. The highest BCUT2D eigenvalue weighted by Crippen LogP contribution is 2.31. The molecule has 0 aliphatic rings. The molecule has 0 aliphatic heterocycles. The van der Waals surface area contributed by atoms with Crippen LogP contribution in [0.25, 0.3) is 22.1 Å². The maximum absolute atomic E-state index is 13.2. The van der Waals surface area contributed by atoms with E-state index >= 15 is 0 Å². The van der Waals surface area contributed by atoms with Gasteiger partial charge in [0.2, 0.25) is 11.3 Å². The zero-order valence-corrected chi connectivity index (χ0v) is 16.8. The lowest BCUT2D eigenvalue weighted by atomic mass is 10.0. The summed E-state index contributed by atoms with van der Waals surface area (Å²) >= 11 is 10.7. The molecule has 27 heavy (non-hydrogen) atoms. The van der Waals surface area contributed by atoms with Crippen molar-refractivity contribution >= 4 is 61.6 Å². The lowest BCUT2D eigenvalue weighted by molar-refractivity contribution is 0.102. The molecular weight excluding hydrogens is 450 g/mol. The monoisotopic (exact) mass is 459 g/mol. The van der Waals surface area contributed by atoms with Gasteiger partial charge in [0.05, 0.1) is 15.8 Å². The zero-order chi connectivity index (χ0) is 19.0. The highest BCUT2D eigenvalue weighted by atomic mass is 79.9. The first-order chi connectivity index (χ1) is 13.0. The fourth-order valence-electron chi connectivity index (χ4n) is 2.71. The van der Waals surface area contributed by atoms with Gasteiger partial charge < -0.3 is 4.42 Å². The van der Waals surface area contributed by atoms with Crippen LogP contribution in [0.2, 0.25) is 5.02 Å². The molecule has 1 N–H and O–H groups in total. The Bertz CT molecular complexity index is 1200. The highest BCUT2D eigenvalue weighted by molar-refractivity contribution is 9.10. The van der Waals surface area contributed by atoms with E-state index in [1.165, 1.54) is 11.3 Å². The molecule has 7 heteroatoms. The summed E-state index contributed by atoms with van der Waals surface area (Å²) in [5, 5.41) is 5.34. The highest BCUT2D eigenvalue weighted by Gasteiger charge is 2.19. The Morgan fingerprint density at radius 3 is 2.59 bits per heavy atom. The zero-order valence-electron chi connectivity index (χ0n) is 13.7. The normalized spacial score (nSPS) is 10.9. The van der Waals surface area contributed by atoms with Crippen LogP contribution in [0.1, 0.15) is 9.67 Å². The first-order valence-corrected chi connectivity index (χ1v) is 9.95. The van der Waals surface area contributed by atoms with Crippen molar-refractivity contribution in [2.75, 3.05) is 5.32 Å². The molecule has 4 aromatic rings. The van der Waals surface area contributed by atoms with E-state index in [2.05, 4.69) is 21.2 Å². The Kier molecular flexibility index (Phi) is 4.86. The molecule has 2 heterocycles. The Morgan fingerprint density at radius 2 is 1.89 bits per heavy atom. The number of rotatable bonds is 3. The number of nitrogens with one attached hydrogen (secondary N) is 1. The third-order valence-corrected chi connectivity index (χ3v) is 5.59. The molecule has 0 atom stereocenters. The van der Waals surface area contributed by atoms with Gasteiger partial charge in [-0.25, -0.2) is 0 Å². The minimum atomic E-state index is -0.333. The molecule has 0 fully saturated rings. The Hall–Kier alpha value is -2.41. The van der Waals surface area contributed by atoms with Crippen LogP contribution < -0.4 is 10.7 Å². The molecule has 134 valence electrons. The number of carbonyl (C=O) groups is 1. The summed E-state index contributed by atoms with van der Waals surface area (Å²) in [5.74, 6) is -0.227. The summed E-state index contributed by atoms with van der Waals surface area (Å²) < 4.78 is 6.76. The van der Waals surface area contributed by atoms with Crippen LogP contribution in [0, 0.1) is 0 Å². The smallest absolute Gasteiger partial charge is 0.268 e. The summed E-state index contributed by atoms with van der Waals surface area (Å²) in [6.45, 7) is 0. The molecule has 0 spiro atoms. The lowest BCUT2D eigenvalue weighted by Crippen LogP contribution is -2.15. The number of halogens is 2. The second-order valence-electron chi connectivity index (χ2n) is 5.71. The van der Waals surface area contributed by atoms with E-state index in [1.807, 2.05) is 17.5 Å². The average molecular weight is 461 g/mol. The number of hydrogen-bond acceptors (Lipinski definition) is 4. The number of benzene rings is 2. The van der Waals surface area contributed by atoms with Crippen molar-refractivity contribution in [2.45, 2.75) is 0 Å². The molecule has 1 amide bonds. The predicted octanol–water partition coefficient (Wildman–Crippen LogP) is 6.19. The van der Waals surface area contributed by atoms with E-state index in [4.69, 9.17) is 16.0 Å². The fourth-order valence-corrected chi connectivity index (χ4v) is 3.76. The third kappa shape index (κ3) is 3.56. The number of amides is 1. The van der Waals surface area contributed by atoms with Gasteiger partial charge in [-0.3, -0.25) is 14.9 Å². The van der Waals surface area contributed by atoms with Gasteiger partial charge in [0.25, 0.3) is 5.91 Å². The summed E-state index contributed by atoms with van der Waals surface area (Å²) in [5.41, 5.74) is 1.01. The number of anilines is 1. The number of hydrogen-bond donors (Lipinski definition) is 1. The third-order valence-electron chi connectivity index (χ3n) is 3.96. The van der Waals surface area contributed by atoms with E-state index in [9.17, 15) is 9.59 Å². The van der Waals surface area contributed by atoms with Crippen molar-refractivity contribution in [3.05, 3.63) is 84.6 Å². The van der Waals surface area contributed by atoms with Gasteiger partial charge in [-0.15, -0.1) is 11.3 Å². The van der Waals surface area contributed by atoms with E-state index in [0.29, 0.717) is 26.4 Å². The van der Waals surface area contributed by atoms with Crippen LogP contribution in [0.5, 0.6) is 0 Å². The molecule has 4 nitrogen and oxygen atoms in total. The maximum atomic E-state index is 13.2. The topological polar surface area (TPSA) is 59.3 Å². The SMILES string of the molecule is O=C(Nc1oc2ccc(Cl)cc2c(=O)c1-c1ccc(Br)cc1)c1cccs1. The van der Waals surface area contributed by atoms with Crippen molar-refractivity contribution in [2.24, 2.45) is 0 Å². The van der Waals surface area contributed by atoms with E-state index in [-0.39, 0.29) is 22.8 Å². The molecule has 0 aliphatic carbocycles. The standard InChI is InChI=1S/C20H11BrClNO3S/c21-12-5-3-11(4-6-12)17-18(24)14-10-13(22)7-8-15(14)26-20(17)23-19(25)16-2-1-9-27-16/h1-10H,(H,23,25). The Balaban J connectivity index is 1.93. The van der Waals surface area contributed by atoms with Gasteiger partial charge in [0.15, 0.2) is 0 Å². The van der Waals surface area contributed by atoms with Crippen LogP contribution in [-0.2, 0) is 0 Å².